The van der Waals surface area contributed by atoms with Gasteiger partial charge >= 0.3 is 0 Å². The van der Waals surface area contributed by atoms with Gasteiger partial charge in [-0.2, -0.15) is 0 Å². The summed E-state index contributed by atoms with van der Waals surface area (Å²) in [6.45, 7) is 8.07. The maximum absolute atomic E-state index is 10.7. The maximum atomic E-state index is 10.7. The summed E-state index contributed by atoms with van der Waals surface area (Å²) in [6.07, 6.45) is -0.589. The number of nitrogens with one attached hydrogen (secondary N) is 1. The normalized spacial score (nSPS) is 23.9. The van der Waals surface area contributed by atoms with E-state index >= 15 is 0 Å². The summed E-state index contributed by atoms with van der Waals surface area (Å²) in [4.78, 5) is 0. The largest absolute Gasteiger partial charge is 0.484 e. The van der Waals surface area contributed by atoms with Crippen LogP contribution in [0, 0.1) is 0 Å². The SMILES string of the molecule is CC(C)N[C@@H]1c2ccc3ccccc3c2OC(C)(C)[C@H]1O. The van der Waals surface area contributed by atoms with Crippen LogP contribution in [-0.4, -0.2) is 22.9 Å². The van der Waals surface area contributed by atoms with Crippen LogP contribution in [0.1, 0.15) is 39.3 Å². The highest BCUT2D eigenvalue weighted by molar-refractivity contribution is 5.90. The number of aliphatic hydroxyl groups is 1. The van der Waals surface area contributed by atoms with E-state index in [2.05, 4.69) is 43.4 Å². The zero-order chi connectivity index (χ0) is 15.2. The molecule has 1 heterocycles. The number of rotatable bonds is 2. The maximum Gasteiger partial charge on any atom is 0.132 e. The summed E-state index contributed by atoms with van der Waals surface area (Å²) in [5.41, 5.74) is 0.415. The van der Waals surface area contributed by atoms with Crippen molar-refractivity contribution in [2.75, 3.05) is 0 Å². The molecule has 0 saturated heterocycles. The predicted molar refractivity (Wildman–Crippen MR) is 85.7 cm³/mol. The Morgan fingerprint density at radius 1 is 1.14 bits per heavy atom. The molecule has 2 aromatic carbocycles. The van der Waals surface area contributed by atoms with E-state index in [-0.39, 0.29) is 12.1 Å². The van der Waals surface area contributed by atoms with Gasteiger partial charge in [-0.3, -0.25) is 0 Å². The molecule has 0 aromatic heterocycles. The van der Waals surface area contributed by atoms with Crippen molar-refractivity contribution >= 4 is 10.8 Å². The summed E-state index contributed by atoms with van der Waals surface area (Å²) in [5, 5.41) is 16.4. The van der Waals surface area contributed by atoms with Crippen molar-refractivity contribution in [1.82, 2.24) is 5.32 Å². The Kier molecular flexibility index (Phi) is 3.42. The highest BCUT2D eigenvalue weighted by Gasteiger charge is 2.43. The van der Waals surface area contributed by atoms with Crippen molar-refractivity contribution in [3.05, 3.63) is 42.0 Å². The fraction of sp³-hybridized carbons (Fsp3) is 0.444. The number of fused-ring (bicyclic) bond motifs is 3. The number of ether oxygens (including phenoxy) is 1. The molecule has 0 spiro atoms. The second-order valence-corrected chi connectivity index (χ2v) is 6.65. The molecule has 2 aromatic rings. The van der Waals surface area contributed by atoms with E-state index in [4.69, 9.17) is 4.74 Å². The van der Waals surface area contributed by atoms with Gasteiger partial charge in [0, 0.05) is 17.0 Å². The lowest BCUT2D eigenvalue weighted by Crippen LogP contribution is -2.53. The van der Waals surface area contributed by atoms with E-state index in [0.717, 1.165) is 22.1 Å². The first-order chi connectivity index (χ1) is 9.90. The average molecular weight is 285 g/mol. The van der Waals surface area contributed by atoms with Gasteiger partial charge in [0.1, 0.15) is 17.5 Å². The van der Waals surface area contributed by atoms with Crippen molar-refractivity contribution in [2.24, 2.45) is 0 Å². The second kappa shape index (κ2) is 5.00. The molecular weight excluding hydrogens is 262 g/mol. The Balaban J connectivity index is 2.20. The summed E-state index contributed by atoms with van der Waals surface area (Å²) in [5.74, 6) is 0.890. The lowest BCUT2D eigenvalue weighted by Gasteiger charge is -2.43. The Labute approximate surface area is 125 Å². The van der Waals surface area contributed by atoms with Crippen molar-refractivity contribution < 1.29 is 9.84 Å². The average Bonchev–Trinajstić information content (AvgIpc) is 2.43. The highest BCUT2D eigenvalue weighted by Crippen LogP contribution is 2.43. The molecule has 112 valence electrons. The lowest BCUT2D eigenvalue weighted by molar-refractivity contribution is -0.0648. The number of hydrogen-bond donors (Lipinski definition) is 2. The molecule has 3 rings (SSSR count). The van der Waals surface area contributed by atoms with Gasteiger partial charge in [-0.15, -0.1) is 0 Å². The molecule has 21 heavy (non-hydrogen) atoms. The monoisotopic (exact) mass is 285 g/mol. The van der Waals surface area contributed by atoms with Crippen molar-refractivity contribution in [2.45, 2.75) is 51.5 Å². The van der Waals surface area contributed by atoms with Crippen LogP contribution in [0.15, 0.2) is 36.4 Å². The quantitative estimate of drug-likeness (QED) is 0.888. The van der Waals surface area contributed by atoms with Gasteiger partial charge in [0.2, 0.25) is 0 Å². The third-order valence-corrected chi connectivity index (χ3v) is 4.15. The first-order valence-corrected chi connectivity index (χ1v) is 7.55. The van der Waals surface area contributed by atoms with Gasteiger partial charge in [-0.1, -0.05) is 50.2 Å². The fourth-order valence-electron chi connectivity index (χ4n) is 3.05. The number of aliphatic hydroxyl groups excluding tert-OH is 1. The van der Waals surface area contributed by atoms with Gasteiger partial charge in [-0.25, -0.2) is 0 Å². The van der Waals surface area contributed by atoms with Crippen LogP contribution in [0.5, 0.6) is 5.75 Å². The molecule has 2 atom stereocenters. The molecule has 3 nitrogen and oxygen atoms in total. The first-order valence-electron chi connectivity index (χ1n) is 7.55. The minimum Gasteiger partial charge on any atom is -0.484 e. The predicted octanol–water partition coefficient (Wildman–Crippen LogP) is 3.41. The molecule has 3 heteroatoms. The Hall–Kier alpha value is -1.58. The number of hydrogen-bond acceptors (Lipinski definition) is 3. The smallest absolute Gasteiger partial charge is 0.132 e. The molecule has 0 amide bonds. The van der Waals surface area contributed by atoms with Crippen LogP contribution in [-0.2, 0) is 0 Å². The van der Waals surface area contributed by atoms with E-state index in [1.54, 1.807) is 0 Å². The van der Waals surface area contributed by atoms with Crippen molar-refractivity contribution in [3.63, 3.8) is 0 Å². The van der Waals surface area contributed by atoms with Gasteiger partial charge in [0.15, 0.2) is 0 Å². The second-order valence-electron chi connectivity index (χ2n) is 6.65. The van der Waals surface area contributed by atoms with Crippen LogP contribution >= 0.6 is 0 Å². The third-order valence-electron chi connectivity index (χ3n) is 4.15. The Morgan fingerprint density at radius 3 is 2.57 bits per heavy atom. The molecule has 0 saturated carbocycles. The van der Waals surface area contributed by atoms with E-state index in [0.29, 0.717) is 0 Å². The van der Waals surface area contributed by atoms with Crippen LogP contribution in [0.25, 0.3) is 10.8 Å². The Bertz CT molecular complexity index is 663. The van der Waals surface area contributed by atoms with E-state index in [1.165, 1.54) is 0 Å². The van der Waals surface area contributed by atoms with Crippen LogP contribution in [0.2, 0.25) is 0 Å². The molecule has 0 bridgehead atoms. The molecule has 1 aliphatic heterocycles. The first kappa shape index (κ1) is 14.4. The zero-order valence-electron chi connectivity index (χ0n) is 13.1. The van der Waals surface area contributed by atoms with Crippen LogP contribution < -0.4 is 10.1 Å². The standard InChI is InChI=1S/C18H23NO2/c1-11(2)19-15-14-10-9-12-7-5-6-8-13(12)16(14)21-18(3,4)17(15)20/h5-11,15,17,19-20H,1-4H3/t15-,17+/m1/s1. The summed E-state index contributed by atoms with van der Waals surface area (Å²) in [7, 11) is 0. The van der Waals surface area contributed by atoms with Crippen molar-refractivity contribution in [3.8, 4) is 5.75 Å². The van der Waals surface area contributed by atoms with Crippen molar-refractivity contribution in [1.29, 1.82) is 0 Å². The fourth-order valence-corrected chi connectivity index (χ4v) is 3.05. The lowest BCUT2D eigenvalue weighted by atomic mass is 9.85. The van der Waals surface area contributed by atoms with Gasteiger partial charge in [0.05, 0.1) is 6.04 Å². The highest BCUT2D eigenvalue weighted by atomic mass is 16.5. The summed E-state index contributed by atoms with van der Waals surface area (Å²) in [6, 6.07) is 12.5. The van der Waals surface area contributed by atoms with Gasteiger partial charge in [0.25, 0.3) is 0 Å². The molecule has 0 fully saturated rings. The van der Waals surface area contributed by atoms with Gasteiger partial charge < -0.3 is 15.2 Å². The molecular formula is C18H23NO2. The summed E-state index contributed by atoms with van der Waals surface area (Å²) < 4.78 is 6.17. The topological polar surface area (TPSA) is 41.5 Å². The van der Waals surface area contributed by atoms with E-state index in [1.807, 2.05) is 26.0 Å². The zero-order valence-corrected chi connectivity index (χ0v) is 13.1. The Morgan fingerprint density at radius 2 is 1.86 bits per heavy atom. The molecule has 0 unspecified atom stereocenters. The molecule has 0 radical (unpaired) electrons. The molecule has 2 N–H and O–H groups in total. The van der Waals surface area contributed by atoms with Gasteiger partial charge in [-0.05, 0) is 19.2 Å². The minimum absolute atomic E-state index is 0.117. The van der Waals surface area contributed by atoms with Crippen LogP contribution in [0.4, 0.5) is 0 Å². The molecule has 0 aliphatic carbocycles. The van der Waals surface area contributed by atoms with Crippen LogP contribution in [0.3, 0.4) is 0 Å². The molecule has 1 aliphatic rings. The number of benzene rings is 2. The minimum atomic E-state index is -0.621. The van der Waals surface area contributed by atoms with E-state index in [9.17, 15) is 5.11 Å². The third kappa shape index (κ3) is 2.41. The van der Waals surface area contributed by atoms with E-state index < -0.39 is 11.7 Å². The summed E-state index contributed by atoms with van der Waals surface area (Å²) >= 11 is 0.